The molecule has 0 aliphatic heterocycles. The summed E-state index contributed by atoms with van der Waals surface area (Å²) in [7, 11) is 0. The lowest BCUT2D eigenvalue weighted by atomic mass is 9.83. The van der Waals surface area contributed by atoms with Gasteiger partial charge in [-0.1, -0.05) is 44.5 Å². The molecule has 1 aromatic carbocycles. The Kier molecular flexibility index (Phi) is 3.71. The van der Waals surface area contributed by atoms with Gasteiger partial charge in [0, 0.05) is 0 Å². The summed E-state index contributed by atoms with van der Waals surface area (Å²) in [5, 5.41) is 0.135. The van der Waals surface area contributed by atoms with Crippen LogP contribution in [0.1, 0.15) is 32.4 Å². The van der Waals surface area contributed by atoms with Gasteiger partial charge in [0.25, 0.3) is 0 Å². The van der Waals surface area contributed by atoms with Gasteiger partial charge in [0.1, 0.15) is 5.82 Å². The Balaban J connectivity index is 3.19. The van der Waals surface area contributed by atoms with Crippen molar-refractivity contribution in [2.75, 3.05) is 0 Å². The van der Waals surface area contributed by atoms with Crippen molar-refractivity contribution in [1.29, 1.82) is 0 Å². The quantitative estimate of drug-likeness (QED) is 0.606. The number of nitrogens with two attached hydrogens (primary N) is 1. The van der Waals surface area contributed by atoms with Gasteiger partial charge in [-0.2, -0.15) is 0 Å². The third kappa shape index (κ3) is 2.68. The number of benzene rings is 1. The molecule has 0 spiro atoms. The van der Waals surface area contributed by atoms with E-state index in [1.165, 1.54) is 6.07 Å². The Bertz CT molecular complexity index is 347. The van der Waals surface area contributed by atoms with E-state index in [1.807, 2.05) is 20.8 Å². The van der Waals surface area contributed by atoms with Crippen molar-refractivity contribution in [3.05, 3.63) is 34.6 Å². The second kappa shape index (κ2) is 4.47. The number of halogens is 2. The standard InChI is InChI=1S/C11H16ClFN2/c1-11(2,3)10(15-14)7-5-4-6-8(13)9(7)12/h4-6,10,15H,14H2,1-3H3. The Labute approximate surface area is 94.6 Å². The van der Waals surface area contributed by atoms with Crippen molar-refractivity contribution in [2.45, 2.75) is 26.8 Å². The molecule has 1 aromatic rings. The number of nitrogens with one attached hydrogen (secondary N) is 1. The SMILES string of the molecule is CC(C)(C)C(NN)c1cccc(F)c1Cl. The highest BCUT2D eigenvalue weighted by Gasteiger charge is 2.27. The molecule has 1 unspecified atom stereocenters. The fraction of sp³-hybridized carbons (Fsp3) is 0.455. The van der Waals surface area contributed by atoms with Crippen LogP contribution in [0.2, 0.25) is 5.02 Å². The van der Waals surface area contributed by atoms with Crippen molar-refractivity contribution in [1.82, 2.24) is 5.43 Å². The molecule has 0 saturated heterocycles. The number of hydrazine groups is 1. The molecule has 0 aliphatic rings. The minimum atomic E-state index is -0.418. The molecule has 0 aromatic heterocycles. The maximum Gasteiger partial charge on any atom is 0.142 e. The third-order valence-electron chi connectivity index (χ3n) is 2.33. The molecule has 0 heterocycles. The van der Waals surface area contributed by atoms with E-state index in [0.717, 1.165) is 0 Å². The van der Waals surface area contributed by atoms with E-state index < -0.39 is 5.82 Å². The van der Waals surface area contributed by atoms with Crippen LogP contribution in [0, 0.1) is 11.2 Å². The van der Waals surface area contributed by atoms with Crippen LogP contribution < -0.4 is 11.3 Å². The highest BCUT2D eigenvalue weighted by molar-refractivity contribution is 6.31. The molecule has 0 fully saturated rings. The zero-order valence-electron chi connectivity index (χ0n) is 9.14. The van der Waals surface area contributed by atoms with Gasteiger partial charge in [-0.15, -0.1) is 0 Å². The van der Waals surface area contributed by atoms with Crippen LogP contribution in [0.3, 0.4) is 0 Å². The molecule has 2 nitrogen and oxygen atoms in total. The topological polar surface area (TPSA) is 38.0 Å². The van der Waals surface area contributed by atoms with E-state index in [2.05, 4.69) is 5.43 Å². The average Bonchev–Trinajstić information content (AvgIpc) is 2.11. The molecule has 1 atom stereocenters. The lowest BCUT2D eigenvalue weighted by molar-refractivity contribution is 0.275. The molecule has 0 saturated carbocycles. The lowest BCUT2D eigenvalue weighted by Crippen LogP contribution is -2.37. The van der Waals surface area contributed by atoms with Gasteiger partial charge in [0.05, 0.1) is 11.1 Å². The van der Waals surface area contributed by atoms with Crippen molar-refractivity contribution >= 4 is 11.6 Å². The first-order valence-electron chi connectivity index (χ1n) is 4.78. The van der Waals surface area contributed by atoms with E-state index in [9.17, 15) is 4.39 Å². The highest BCUT2D eigenvalue weighted by atomic mass is 35.5. The monoisotopic (exact) mass is 230 g/mol. The first kappa shape index (κ1) is 12.4. The molecule has 0 aliphatic carbocycles. The normalized spacial score (nSPS) is 14.0. The van der Waals surface area contributed by atoms with Gasteiger partial charge in [-0.25, -0.2) is 4.39 Å². The second-order valence-corrected chi connectivity index (χ2v) is 4.99. The molecular weight excluding hydrogens is 215 g/mol. The van der Waals surface area contributed by atoms with Crippen LogP contribution in [-0.2, 0) is 0 Å². The van der Waals surface area contributed by atoms with E-state index in [4.69, 9.17) is 17.4 Å². The van der Waals surface area contributed by atoms with Gasteiger partial charge >= 0.3 is 0 Å². The van der Waals surface area contributed by atoms with Crippen LogP contribution in [0.5, 0.6) is 0 Å². The fourth-order valence-corrected chi connectivity index (χ4v) is 1.78. The molecular formula is C11H16ClFN2. The molecule has 3 N–H and O–H groups in total. The largest absolute Gasteiger partial charge is 0.271 e. The summed E-state index contributed by atoms with van der Waals surface area (Å²) < 4.78 is 13.3. The van der Waals surface area contributed by atoms with E-state index >= 15 is 0 Å². The first-order chi connectivity index (χ1) is 6.88. The minimum absolute atomic E-state index is 0.133. The fourth-order valence-electron chi connectivity index (χ4n) is 1.55. The molecule has 1 rings (SSSR count). The minimum Gasteiger partial charge on any atom is -0.271 e. The second-order valence-electron chi connectivity index (χ2n) is 4.61. The molecule has 0 amide bonds. The summed E-state index contributed by atoms with van der Waals surface area (Å²) in [6.45, 7) is 6.04. The Morgan fingerprint density at radius 3 is 2.47 bits per heavy atom. The van der Waals surface area contributed by atoms with Crippen molar-refractivity contribution in [3.8, 4) is 0 Å². The van der Waals surface area contributed by atoms with Crippen molar-refractivity contribution in [3.63, 3.8) is 0 Å². The maximum atomic E-state index is 13.3. The van der Waals surface area contributed by atoms with Gasteiger partial charge in [0.15, 0.2) is 0 Å². The van der Waals surface area contributed by atoms with Crippen molar-refractivity contribution < 1.29 is 4.39 Å². The summed E-state index contributed by atoms with van der Waals surface area (Å²) in [5.74, 6) is 5.06. The average molecular weight is 231 g/mol. The Morgan fingerprint density at radius 1 is 1.40 bits per heavy atom. The van der Waals surface area contributed by atoms with Gasteiger partial charge in [-0.05, 0) is 17.0 Å². The summed E-state index contributed by atoms with van der Waals surface area (Å²) in [5.41, 5.74) is 3.23. The van der Waals surface area contributed by atoms with E-state index in [1.54, 1.807) is 12.1 Å². The Hall–Kier alpha value is -0.640. The zero-order valence-corrected chi connectivity index (χ0v) is 9.90. The third-order valence-corrected chi connectivity index (χ3v) is 2.72. The van der Waals surface area contributed by atoms with Crippen LogP contribution in [-0.4, -0.2) is 0 Å². The van der Waals surface area contributed by atoms with Crippen LogP contribution in [0.25, 0.3) is 0 Å². The van der Waals surface area contributed by atoms with Crippen LogP contribution in [0.4, 0.5) is 4.39 Å². The van der Waals surface area contributed by atoms with Crippen LogP contribution >= 0.6 is 11.6 Å². The molecule has 15 heavy (non-hydrogen) atoms. The summed E-state index contributed by atoms with van der Waals surface area (Å²) >= 11 is 5.90. The number of hydrogen-bond acceptors (Lipinski definition) is 2. The van der Waals surface area contributed by atoms with Gasteiger partial charge < -0.3 is 0 Å². The predicted molar refractivity (Wildman–Crippen MR) is 60.9 cm³/mol. The zero-order chi connectivity index (χ0) is 11.6. The number of rotatable bonds is 2. The molecule has 4 heteroatoms. The van der Waals surface area contributed by atoms with Gasteiger partial charge in [-0.3, -0.25) is 11.3 Å². The summed E-state index contributed by atoms with van der Waals surface area (Å²) in [6, 6.07) is 4.57. The summed E-state index contributed by atoms with van der Waals surface area (Å²) in [4.78, 5) is 0. The first-order valence-corrected chi connectivity index (χ1v) is 5.15. The number of hydrogen-bond donors (Lipinski definition) is 2. The predicted octanol–water partition coefficient (Wildman–Crippen LogP) is 3.03. The van der Waals surface area contributed by atoms with E-state index in [0.29, 0.717) is 5.56 Å². The summed E-state index contributed by atoms with van der Waals surface area (Å²) in [6.07, 6.45) is 0. The smallest absolute Gasteiger partial charge is 0.142 e. The van der Waals surface area contributed by atoms with Crippen LogP contribution in [0.15, 0.2) is 18.2 Å². The highest BCUT2D eigenvalue weighted by Crippen LogP contribution is 2.36. The molecule has 0 radical (unpaired) electrons. The molecule has 0 bridgehead atoms. The van der Waals surface area contributed by atoms with E-state index in [-0.39, 0.29) is 16.5 Å². The van der Waals surface area contributed by atoms with Crippen molar-refractivity contribution in [2.24, 2.45) is 11.3 Å². The Morgan fingerprint density at radius 2 is 2.00 bits per heavy atom. The lowest BCUT2D eigenvalue weighted by Gasteiger charge is -2.31. The van der Waals surface area contributed by atoms with Gasteiger partial charge in [0.2, 0.25) is 0 Å². The maximum absolute atomic E-state index is 13.3. The molecule has 84 valence electrons.